The molecule has 1 aromatic rings. The van der Waals surface area contributed by atoms with Crippen LogP contribution in [0, 0.1) is 5.82 Å². The molecule has 0 N–H and O–H groups in total. The van der Waals surface area contributed by atoms with Crippen LogP contribution in [-0.4, -0.2) is 17.1 Å². The maximum atomic E-state index is 12.7. The van der Waals surface area contributed by atoms with Gasteiger partial charge in [-0.05, 0) is 30.5 Å². The summed E-state index contributed by atoms with van der Waals surface area (Å²) in [5.74, 6) is 0.283. The molecule has 0 bridgehead atoms. The Balaban J connectivity index is 1.98. The lowest BCUT2D eigenvalue weighted by atomic mass is 9.92. The van der Waals surface area contributed by atoms with Crippen molar-refractivity contribution in [1.82, 2.24) is 0 Å². The molecule has 82 valence electrons. The average Bonchev–Trinajstić information content (AvgIpc) is 2.30. The Morgan fingerprint density at radius 2 is 2.00 bits per heavy atom. The van der Waals surface area contributed by atoms with Crippen LogP contribution in [0.3, 0.4) is 0 Å². The fourth-order valence-electron chi connectivity index (χ4n) is 1.93. The molecule has 1 saturated heterocycles. The molecule has 0 amide bonds. The van der Waals surface area contributed by atoms with Gasteiger partial charge in [-0.1, -0.05) is 34.7 Å². The van der Waals surface area contributed by atoms with Crippen molar-refractivity contribution in [2.75, 3.05) is 11.0 Å². The molecular weight excluding hydrogens is 306 g/mol. The van der Waals surface area contributed by atoms with Gasteiger partial charge in [-0.25, -0.2) is 4.39 Å². The molecule has 2 atom stereocenters. The third-order valence-electron chi connectivity index (χ3n) is 2.88. The SMILES string of the molecule is Fc1ccc(C2CCC(CI)OC2)cc1. The molecule has 1 aliphatic heterocycles. The highest BCUT2D eigenvalue weighted by atomic mass is 127. The maximum absolute atomic E-state index is 12.7. The third kappa shape index (κ3) is 2.91. The molecule has 1 nitrogen and oxygen atoms in total. The highest BCUT2D eigenvalue weighted by molar-refractivity contribution is 14.1. The van der Waals surface area contributed by atoms with Crippen molar-refractivity contribution in [3.63, 3.8) is 0 Å². The van der Waals surface area contributed by atoms with Crippen LogP contribution in [0.15, 0.2) is 24.3 Å². The fraction of sp³-hybridized carbons (Fsp3) is 0.500. The lowest BCUT2D eigenvalue weighted by molar-refractivity contribution is 0.0201. The van der Waals surface area contributed by atoms with Crippen LogP contribution in [0.4, 0.5) is 4.39 Å². The Morgan fingerprint density at radius 3 is 2.53 bits per heavy atom. The minimum atomic E-state index is -0.166. The molecule has 0 radical (unpaired) electrons. The van der Waals surface area contributed by atoms with Crippen LogP contribution in [0.25, 0.3) is 0 Å². The van der Waals surface area contributed by atoms with Crippen LogP contribution in [0.1, 0.15) is 24.3 Å². The molecule has 15 heavy (non-hydrogen) atoms. The first-order valence-corrected chi connectivity index (χ1v) is 6.75. The van der Waals surface area contributed by atoms with Crippen molar-refractivity contribution in [1.29, 1.82) is 0 Å². The summed E-state index contributed by atoms with van der Waals surface area (Å²) in [5, 5.41) is 0. The van der Waals surface area contributed by atoms with Crippen molar-refractivity contribution in [2.24, 2.45) is 0 Å². The first-order chi connectivity index (χ1) is 7.29. The highest BCUT2D eigenvalue weighted by Gasteiger charge is 2.21. The number of rotatable bonds is 2. The van der Waals surface area contributed by atoms with Gasteiger partial charge < -0.3 is 4.74 Å². The molecule has 2 rings (SSSR count). The van der Waals surface area contributed by atoms with E-state index in [0.717, 1.165) is 23.9 Å². The lowest BCUT2D eigenvalue weighted by Gasteiger charge is -2.28. The summed E-state index contributed by atoms with van der Waals surface area (Å²) < 4.78 is 19.5. The van der Waals surface area contributed by atoms with Gasteiger partial charge in [0.15, 0.2) is 0 Å². The first-order valence-electron chi connectivity index (χ1n) is 5.22. The Kier molecular flexibility index (Phi) is 3.97. The molecule has 3 heteroatoms. The predicted molar refractivity (Wildman–Crippen MR) is 67.0 cm³/mol. The van der Waals surface area contributed by atoms with Gasteiger partial charge in [0, 0.05) is 10.3 Å². The maximum Gasteiger partial charge on any atom is 0.123 e. The minimum Gasteiger partial charge on any atom is -0.377 e. The summed E-state index contributed by atoms with van der Waals surface area (Å²) in [6, 6.07) is 6.79. The van der Waals surface area contributed by atoms with Crippen molar-refractivity contribution < 1.29 is 9.13 Å². The second-order valence-corrected chi connectivity index (χ2v) is 4.82. The van der Waals surface area contributed by atoms with E-state index in [0.29, 0.717) is 12.0 Å². The lowest BCUT2D eigenvalue weighted by Crippen LogP contribution is -2.25. The Labute approximate surface area is 103 Å². The smallest absolute Gasteiger partial charge is 0.123 e. The van der Waals surface area contributed by atoms with E-state index in [4.69, 9.17) is 4.74 Å². The average molecular weight is 320 g/mol. The molecule has 0 spiro atoms. The first kappa shape index (κ1) is 11.3. The molecule has 1 fully saturated rings. The third-order valence-corrected chi connectivity index (χ3v) is 3.87. The number of ether oxygens (including phenoxy) is 1. The molecule has 0 aromatic heterocycles. The standard InChI is InChI=1S/C12H14FIO/c13-11-4-1-9(2-5-11)10-3-6-12(7-14)15-8-10/h1-2,4-5,10,12H,3,6-8H2. The van der Waals surface area contributed by atoms with Gasteiger partial charge in [0.1, 0.15) is 5.82 Å². The Hall–Kier alpha value is -0.160. The number of benzene rings is 1. The van der Waals surface area contributed by atoms with Crippen LogP contribution in [0.5, 0.6) is 0 Å². The van der Waals surface area contributed by atoms with Crippen molar-refractivity contribution in [3.8, 4) is 0 Å². The van der Waals surface area contributed by atoms with Gasteiger partial charge in [0.25, 0.3) is 0 Å². The summed E-state index contributed by atoms with van der Waals surface area (Å²) in [7, 11) is 0. The summed E-state index contributed by atoms with van der Waals surface area (Å²) in [6.45, 7) is 0.777. The summed E-state index contributed by atoms with van der Waals surface area (Å²) >= 11 is 2.36. The normalized spacial score (nSPS) is 26.5. The molecule has 2 unspecified atom stereocenters. The van der Waals surface area contributed by atoms with Gasteiger partial charge in [-0.15, -0.1) is 0 Å². The van der Waals surface area contributed by atoms with Gasteiger partial charge in [-0.2, -0.15) is 0 Å². The second kappa shape index (κ2) is 5.25. The molecule has 1 aliphatic rings. The zero-order valence-corrected chi connectivity index (χ0v) is 10.6. The van der Waals surface area contributed by atoms with E-state index in [1.165, 1.54) is 17.7 Å². The summed E-state index contributed by atoms with van der Waals surface area (Å²) in [4.78, 5) is 0. The zero-order valence-electron chi connectivity index (χ0n) is 8.46. The van der Waals surface area contributed by atoms with Gasteiger partial charge in [-0.3, -0.25) is 0 Å². The molecule has 0 aliphatic carbocycles. The Bertz CT molecular complexity index is 304. The van der Waals surface area contributed by atoms with E-state index in [1.54, 1.807) is 0 Å². The summed E-state index contributed by atoms with van der Waals surface area (Å²) in [6.07, 6.45) is 2.69. The quantitative estimate of drug-likeness (QED) is 0.598. The number of alkyl halides is 1. The highest BCUT2D eigenvalue weighted by Crippen LogP contribution is 2.28. The van der Waals surface area contributed by atoms with Crippen molar-refractivity contribution in [3.05, 3.63) is 35.6 Å². The zero-order chi connectivity index (χ0) is 10.7. The monoisotopic (exact) mass is 320 g/mol. The number of hydrogen-bond acceptors (Lipinski definition) is 1. The number of hydrogen-bond donors (Lipinski definition) is 0. The van der Waals surface area contributed by atoms with E-state index in [2.05, 4.69) is 22.6 Å². The van der Waals surface area contributed by atoms with E-state index in [1.807, 2.05) is 12.1 Å². The largest absolute Gasteiger partial charge is 0.377 e. The van der Waals surface area contributed by atoms with Crippen molar-refractivity contribution >= 4 is 22.6 Å². The van der Waals surface area contributed by atoms with Crippen molar-refractivity contribution in [2.45, 2.75) is 24.9 Å². The molecular formula is C12H14FIO. The molecule has 1 aromatic carbocycles. The van der Waals surface area contributed by atoms with E-state index in [-0.39, 0.29) is 5.82 Å². The van der Waals surface area contributed by atoms with E-state index >= 15 is 0 Å². The predicted octanol–water partition coefficient (Wildman–Crippen LogP) is 3.52. The van der Waals surface area contributed by atoms with Gasteiger partial charge in [0.05, 0.1) is 12.7 Å². The van der Waals surface area contributed by atoms with E-state index in [9.17, 15) is 4.39 Å². The topological polar surface area (TPSA) is 9.23 Å². The number of halogens is 2. The molecule has 1 heterocycles. The summed E-state index contributed by atoms with van der Waals surface area (Å²) in [5.41, 5.74) is 1.20. The van der Waals surface area contributed by atoms with Crippen LogP contribution >= 0.6 is 22.6 Å². The van der Waals surface area contributed by atoms with Crippen LogP contribution < -0.4 is 0 Å². The fourth-order valence-corrected chi connectivity index (χ4v) is 2.62. The Morgan fingerprint density at radius 1 is 1.27 bits per heavy atom. The minimum absolute atomic E-state index is 0.166. The molecule has 0 saturated carbocycles. The van der Waals surface area contributed by atoms with Gasteiger partial charge >= 0.3 is 0 Å². The van der Waals surface area contributed by atoms with Crippen LogP contribution in [-0.2, 0) is 4.74 Å². The van der Waals surface area contributed by atoms with E-state index < -0.39 is 0 Å². The second-order valence-electron chi connectivity index (χ2n) is 3.94. The van der Waals surface area contributed by atoms with Gasteiger partial charge in [0.2, 0.25) is 0 Å². The van der Waals surface area contributed by atoms with Crippen LogP contribution in [0.2, 0.25) is 0 Å².